The number of nitrogens with zero attached hydrogens (tertiary/aromatic N) is 1. The first kappa shape index (κ1) is 20.6. The fourth-order valence-electron chi connectivity index (χ4n) is 3.08. The second-order valence-electron chi connectivity index (χ2n) is 6.43. The van der Waals surface area contributed by atoms with Gasteiger partial charge in [0.25, 0.3) is 0 Å². The number of guanidine groups is 1. The molecule has 0 aliphatic heterocycles. The van der Waals surface area contributed by atoms with E-state index in [0.29, 0.717) is 0 Å². The van der Waals surface area contributed by atoms with Crippen LogP contribution < -0.4 is 15.4 Å². The van der Waals surface area contributed by atoms with Gasteiger partial charge in [-0.2, -0.15) is 0 Å². The third-order valence-electron chi connectivity index (χ3n) is 4.66. The van der Waals surface area contributed by atoms with Crippen LogP contribution in [0, 0.1) is 0 Å². The van der Waals surface area contributed by atoms with E-state index in [-0.39, 0.29) is 29.4 Å². The third kappa shape index (κ3) is 5.16. The summed E-state index contributed by atoms with van der Waals surface area (Å²) in [5.41, 5.74) is 1.39. The Labute approximate surface area is 172 Å². The van der Waals surface area contributed by atoms with Gasteiger partial charge in [-0.3, -0.25) is 4.99 Å². The van der Waals surface area contributed by atoms with Gasteiger partial charge < -0.3 is 19.8 Å². The second-order valence-corrected chi connectivity index (χ2v) is 6.43. The number of benzene rings is 1. The van der Waals surface area contributed by atoms with Crippen molar-refractivity contribution >= 4 is 29.9 Å². The van der Waals surface area contributed by atoms with Gasteiger partial charge >= 0.3 is 0 Å². The Bertz CT molecular complexity index is 697. The molecule has 2 aromatic rings. The minimum absolute atomic E-state index is 0. The Morgan fingerprint density at radius 3 is 2.65 bits per heavy atom. The van der Waals surface area contributed by atoms with Gasteiger partial charge in [-0.25, -0.2) is 0 Å². The average molecular weight is 469 g/mol. The molecule has 26 heavy (non-hydrogen) atoms. The maximum Gasteiger partial charge on any atom is 0.191 e. The van der Waals surface area contributed by atoms with Crippen LogP contribution in [0.1, 0.15) is 31.1 Å². The van der Waals surface area contributed by atoms with E-state index in [2.05, 4.69) is 29.7 Å². The predicted octanol–water partition coefficient (Wildman–Crippen LogP) is 3.74. The Hall–Kier alpha value is -1.70. The molecular weight excluding hydrogens is 441 g/mol. The highest BCUT2D eigenvalue weighted by molar-refractivity contribution is 14.0. The number of ether oxygens (including phenoxy) is 1. The topological polar surface area (TPSA) is 58.8 Å². The molecule has 6 heteroatoms. The third-order valence-corrected chi connectivity index (χ3v) is 4.66. The van der Waals surface area contributed by atoms with E-state index in [1.165, 1.54) is 5.56 Å². The van der Waals surface area contributed by atoms with Crippen molar-refractivity contribution in [3.05, 3.63) is 54.0 Å². The zero-order valence-corrected chi connectivity index (χ0v) is 17.8. The molecule has 0 unspecified atom stereocenters. The molecule has 0 atom stereocenters. The molecule has 1 aromatic carbocycles. The molecule has 3 rings (SSSR count). The Kier molecular flexibility index (Phi) is 7.81. The zero-order chi connectivity index (χ0) is 17.5. The summed E-state index contributed by atoms with van der Waals surface area (Å²) < 4.78 is 10.9. The van der Waals surface area contributed by atoms with Gasteiger partial charge in [0.15, 0.2) is 5.96 Å². The molecule has 1 aromatic heterocycles. The summed E-state index contributed by atoms with van der Waals surface area (Å²) in [5, 5.41) is 6.71. The van der Waals surface area contributed by atoms with Gasteiger partial charge in [0.2, 0.25) is 0 Å². The van der Waals surface area contributed by atoms with Crippen molar-refractivity contribution < 1.29 is 9.15 Å². The molecule has 1 aliphatic carbocycles. The van der Waals surface area contributed by atoms with Crippen molar-refractivity contribution in [1.29, 1.82) is 0 Å². The molecule has 0 spiro atoms. The lowest BCUT2D eigenvalue weighted by molar-refractivity contribution is 0.404. The summed E-state index contributed by atoms with van der Waals surface area (Å²) in [6, 6.07) is 12.2. The smallest absolute Gasteiger partial charge is 0.191 e. The molecule has 1 heterocycles. The summed E-state index contributed by atoms with van der Waals surface area (Å²) in [7, 11) is 1.73. The van der Waals surface area contributed by atoms with Gasteiger partial charge in [-0.1, -0.05) is 18.2 Å². The number of rotatable bonds is 8. The van der Waals surface area contributed by atoms with Crippen molar-refractivity contribution in [3.63, 3.8) is 0 Å². The van der Waals surface area contributed by atoms with Crippen molar-refractivity contribution in [3.8, 4) is 5.75 Å². The Balaban J connectivity index is 0.00000243. The lowest BCUT2D eigenvalue weighted by atomic mass is 9.95. The van der Waals surface area contributed by atoms with E-state index in [4.69, 9.17) is 14.1 Å². The number of aliphatic imine (C=N–C) groups is 1. The van der Waals surface area contributed by atoms with Gasteiger partial charge in [-0.15, -0.1) is 24.0 Å². The first-order valence-electron chi connectivity index (χ1n) is 8.95. The molecule has 142 valence electrons. The van der Waals surface area contributed by atoms with E-state index in [9.17, 15) is 0 Å². The van der Waals surface area contributed by atoms with Crippen LogP contribution >= 0.6 is 24.0 Å². The summed E-state index contributed by atoms with van der Waals surface area (Å²) in [6.45, 7) is 4.48. The van der Waals surface area contributed by atoms with Crippen LogP contribution in [0.5, 0.6) is 5.75 Å². The number of para-hydroxylation sites is 1. The normalized spacial score (nSPS) is 15.1. The van der Waals surface area contributed by atoms with E-state index in [1.54, 1.807) is 13.4 Å². The minimum atomic E-state index is 0. The molecule has 2 N–H and O–H groups in total. The monoisotopic (exact) mass is 469 g/mol. The van der Waals surface area contributed by atoms with Crippen LogP contribution in [-0.2, 0) is 11.8 Å². The van der Waals surface area contributed by atoms with Crippen molar-refractivity contribution in [2.75, 3.05) is 26.7 Å². The van der Waals surface area contributed by atoms with Crippen LogP contribution in [0.4, 0.5) is 0 Å². The first-order chi connectivity index (χ1) is 12.3. The van der Waals surface area contributed by atoms with E-state index in [1.807, 2.05) is 24.3 Å². The molecular formula is C20H28IN3O2. The molecule has 5 nitrogen and oxygen atoms in total. The first-order valence-corrected chi connectivity index (χ1v) is 8.95. The fraction of sp³-hybridized carbons (Fsp3) is 0.450. The number of methoxy groups -OCH3 is 1. The molecule has 0 bridgehead atoms. The summed E-state index contributed by atoms with van der Waals surface area (Å²) in [4.78, 5) is 4.83. The van der Waals surface area contributed by atoms with Gasteiger partial charge in [0.05, 0.1) is 19.9 Å². The predicted molar refractivity (Wildman–Crippen MR) is 116 cm³/mol. The lowest BCUT2D eigenvalue weighted by Gasteiger charge is -2.18. The number of nitrogens with one attached hydrogen (secondary N) is 2. The lowest BCUT2D eigenvalue weighted by Crippen LogP contribution is -2.39. The van der Waals surface area contributed by atoms with Crippen LogP contribution in [0.25, 0.3) is 0 Å². The number of furan rings is 1. The average Bonchev–Trinajstić information content (AvgIpc) is 3.26. The van der Waals surface area contributed by atoms with Crippen molar-refractivity contribution in [1.82, 2.24) is 10.6 Å². The molecule has 0 saturated heterocycles. The highest BCUT2D eigenvalue weighted by atomic mass is 127. The molecule has 0 radical (unpaired) electrons. The largest absolute Gasteiger partial charge is 0.496 e. The molecule has 1 saturated carbocycles. The van der Waals surface area contributed by atoms with Crippen molar-refractivity contribution in [2.24, 2.45) is 4.99 Å². The summed E-state index contributed by atoms with van der Waals surface area (Å²) >= 11 is 0. The van der Waals surface area contributed by atoms with E-state index < -0.39 is 0 Å². The van der Waals surface area contributed by atoms with Gasteiger partial charge in [-0.05, 0) is 38.0 Å². The summed E-state index contributed by atoms with van der Waals surface area (Å²) in [5.74, 6) is 2.80. The van der Waals surface area contributed by atoms with E-state index >= 15 is 0 Å². The maximum atomic E-state index is 5.54. The maximum absolute atomic E-state index is 5.54. The molecule has 0 amide bonds. The summed E-state index contributed by atoms with van der Waals surface area (Å²) in [6.07, 6.45) is 4.86. The SMILES string of the molecule is CCNC(=NCC1(c2ccccc2OC)CC1)NCCc1ccco1.I. The highest BCUT2D eigenvalue weighted by Gasteiger charge is 2.46. The number of hydrogen-bond donors (Lipinski definition) is 2. The molecule has 1 aliphatic rings. The zero-order valence-electron chi connectivity index (χ0n) is 15.5. The molecule has 1 fully saturated rings. The standard InChI is InChI=1S/C20H27N3O2.HI/c1-3-21-19(22-13-10-16-7-6-14-25-16)23-15-20(11-12-20)17-8-4-5-9-18(17)24-2;/h4-9,14H,3,10-13,15H2,1-2H3,(H2,21,22,23);1H. The van der Waals surface area contributed by atoms with Gasteiger partial charge in [0.1, 0.15) is 11.5 Å². The minimum Gasteiger partial charge on any atom is -0.496 e. The number of hydrogen-bond acceptors (Lipinski definition) is 3. The van der Waals surface area contributed by atoms with Gasteiger partial charge in [0, 0.05) is 30.5 Å². The second kappa shape index (κ2) is 9.85. The number of halogens is 1. The van der Waals surface area contributed by atoms with Crippen LogP contribution in [0.15, 0.2) is 52.1 Å². The fourth-order valence-corrected chi connectivity index (χ4v) is 3.08. The van der Waals surface area contributed by atoms with E-state index in [0.717, 1.165) is 56.4 Å². The van der Waals surface area contributed by atoms with Crippen LogP contribution in [0.2, 0.25) is 0 Å². The Morgan fingerprint density at radius 1 is 1.19 bits per heavy atom. The quantitative estimate of drug-likeness (QED) is 0.352. The van der Waals surface area contributed by atoms with Crippen LogP contribution in [0.3, 0.4) is 0 Å². The highest BCUT2D eigenvalue weighted by Crippen LogP contribution is 2.51. The van der Waals surface area contributed by atoms with Crippen molar-refractivity contribution in [2.45, 2.75) is 31.6 Å². The Morgan fingerprint density at radius 2 is 2.00 bits per heavy atom. The van der Waals surface area contributed by atoms with Crippen LogP contribution in [-0.4, -0.2) is 32.7 Å².